The Hall–Kier alpha value is -0.260. The Morgan fingerprint density at radius 2 is 2.12 bits per heavy atom. The lowest BCUT2D eigenvalue weighted by atomic mass is 10.1. The summed E-state index contributed by atoms with van der Waals surface area (Å²) in [5.41, 5.74) is 2.40. The molecular weight excluding hydrogens is 347 g/mol. The Morgan fingerprint density at radius 1 is 1.35 bits per heavy atom. The SMILES string of the molecule is CN(C)CCCc1c(Cl)[nH]c2cccc(I)c12. The van der Waals surface area contributed by atoms with E-state index < -0.39 is 0 Å². The van der Waals surface area contributed by atoms with Crippen LogP contribution in [-0.4, -0.2) is 30.5 Å². The molecule has 0 unspecified atom stereocenters. The number of halogens is 2. The van der Waals surface area contributed by atoms with Crippen LogP contribution in [0, 0.1) is 3.57 Å². The molecule has 0 spiro atoms. The molecule has 0 bridgehead atoms. The first-order chi connectivity index (χ1) is 8.09. The Balaban J connectivity index is 2.29. The fourth-order valence-electron chi connectivity index (χ4n) is 2.05. The highest BCUT2D eigenvalue weighted by Gasteiger charge is 2.11. The van der Waals surface area contributed by atoms with Gasteiger partial charge in [0.1, 0.15) is 5.15 Å². The van der Waals surface area contributed by atoms with E-state index in [2.05, 4.69) is 64.8 Å². The van der Waals surface area contributed by atoms with Crippen LogP contribution in [0.2, 0.25) is 5.15 Å². The van der Waals surface area contributed by atoms with Gasteiger partial charge < -0.3 is 9.88 Å². The monoisotopic (exact) mass is 362 g/mol. The summed E-state index contributed by atoms with van der Waals surface area (Å²) in [5.74, 6) is 0. The zero-order valence-electron chi connectivity index (χ0n) is 10.1. The van der Waals surface area contributed by atoms with E-state index in [4.69, 9.17) is 11.6 Å². The van der Waals surface area contributed by atoms with E-state index >= 15 is 0 Å². The third-order valence-corrected chi connectivity index (χ3v) is 4.08. The summed E-state index contributed by atoms with van der Waals surface area (Å²) in [5, 5.41) is 2.08. The molecule has 0 amide bonds. The Morgan fingerprint density at radius 3 is 2.82 bits per heavy atom. The van der Waals surface area contributed by atoms with Crippen molar-refractivity contribution in [2.45, 2.75) is 12.8 Å². The molecule has 0 radical (unpaired) electrons. The maximum absolute atomic E-state index is 6.28. The molecule has 2 nitrogen and oxygen atoms in total. The molecule has 0 saturated heterocycles. The van der Waals surface area contributed by atoms with Crippen molar-refractivity contribution in [2.24, 2.45) is 0 Å². The van der Waals surface area contributed by atoms with Crippen molar-refractivity contribution < 1.29 is 0 Å². The Bertz CT molecular complexity index is 519. The van der Waals surface area contributed by atoms with Crippen LogP contribution in [0.25, 0.3) is 10.9 Å². The topological polar surface area (TPSA) is 19.0 Å². The molecule has 92 valence electrons. The molecule has 1 N–H and O–H groups in total. The number of benzene rings is 1. The number of hydrogen-bond acceptors (Lipinski definition) is 1. The predicted molar refractivity (Wildman–Crippen MR) is 82.9 cm³/mol. The molecular formula is C13H16ClIN2. The molecule has 0 atom stereocenters. The Labute approximate surface area is 120 Å². The summed E-state index contributed by atoms with van der Waals surface area (Å²) in [6.45, 7) is 1.09. The predicted octanol–water partition coefficient (Wildman–Crippen LogP) is 3.92. The van der Waals surface area contributed by atoms with E-state index in [1.165, 1.54) is 14.5 Å². The number of aryl methyl sites for hydroxylation is 1. The maximum atomic E-state index is 6.28. The Kier molecular flexibility index (Phi) is 4.33. The third kappa shape index (κ3) is 2.95. The van der Waals surface area contributed by atoms with Crippen LogP contribution >= 0.6 is 34.2 Å². The summed E-state index contributed by atoms with van der Waals surface area (Å²) in [6, 6.07) is 6.27. The summed E-state index contributed by atoms with van der Waals surface area (Å²) >= 11 is 8.66. The van der Waals surface area contributed by atoms with Gasteiger partial charge >= 0.3 is 0 Å². The summed E-state index contributed by atoms with van der Waals surface area (Å²) < 4.78 is 1.27. The second kappa shape index (κ2) is 5.59. The van der Waals surface area contributed by atoms with Gasteiger partial charge in [-0.2, -0.15) is 0 Å². The molecule has 1 aromatic carbocycles. The molecule has 0 aliphatic carbocycles. The number of nitrogens with zero attached hydrogens (tertiary/aromatic N) is 1. The number of rotatable bonds is 4. The summed E-state index contributed by atoms with van der Waals surface area (Å²) in [7, 11) is 4.20. The second-order valence-electron chi connectivity index (χ2n) is 4.49. The lowest BCUT2D eigenvalue weighted by molar-refractivity contribution is 0.400. The quantitative estimate of drug-likeness (QED) is 0.817. The molecule has 1 heterocycles. The van der Waals surface area contributed by atoms with Gasteiger partial charge in [0.05, 0.1) is 0 Å². The number of H-pyrrole nitrogens is 1. The molecule has 0 saturated carbocycles. The van der Waals surface area contributed by atoms with Crippen molar-refractivity contribution >= 4 is 45.1 Å². The van der Waals surface area contributed by atoms with Gasteiger partial charge in [0, 0.05) is 14.5 Å². The lowest BCUT2D eigenvalue weighted by Crippen LogP contribution is -2.13. The third-order valence-electron chi connectivity index (χ3n) is 2.86. The molecule has 4 heteroatoms. The lowest BCUT2D eigenvalue weighted by Gasteiger charge is -2.08. The standard InChI is InChI=1S/C13H16ClIN2/c1-17(2)8-4-5-9-12-10(15)6-3-7-11(12)16-13(9)14/h3,6-7,16H,4-5,8H2,1-2H3. The first-order valence-electron chi connectivity index (χ1n) is 5.69. The van der Waals surface area contributed by atoms with Crippen LogP contribution in [0.15, 0.2) is 18.2 Å². The number of aromatic nitrogens is 1. The molecule has 1 aromatic heterocycles. The minimum atomic E-state index is 0.794. The zero-order valence-corrected chi connectivity index (χ0v) is 13.0. The van der Waals surface area contributed by atoms with Crippen molar-refractivity contribution in [3.8, 4) is 0 Å². The first-order valence-corrected chi connectivity index (χ1v) is 7.14. The van der Waals surface area contributed by atoms with E-state index in [0.29, 0.717) is 0 Å². The van der Waals surface area contributed by atoms with Crippen molar-refractivity contribution in [3.05, 3.63) is 32.5 Å². The van der Waals surface area contributed by atoms with E-state index in [1.54, 1.807) is 0 Å². The van der Waals surface area contributed by atoms with Gasteiger partial charge in [-0.05, 0) is 73.8 Å². The van der Waals surface area contributed by atoms with Crippen LogP contribution in [0.1, 0.15) is 12.0 Å². The minimum absolute atomic E-state index is 0.794. The van der Waals surface area contributed by atoms with Gasteiger partial charge in [0.25, 0.3) is 0 Å². The first kappa shape index (κ1) is 13.2. The molecule has 0 aliphatic heterocycles. The van der Waals surface area contributed by atoms with E-state index in [0.717, 1.165) is 30.1 Å². The van der Waals surface area contributed by atoms with Crippen LogP contribution in [0.5, 0.6) is 0 Å². The van der Waals surface area contributed by atoms with Crippen molar-refractivity contribution in [2.75, 3.05) is 20.6 Å². The van der Waals surface area contributed by atoms with Crippen LogP contribution in [-0.2, 0) is 6.42 Å². The second-order valence-corrected chi connectivity index (χ2v) is 6.03. The highest BCUT2D eigenvalue weighted by molar-refractivity contribution is 14.1. The van der Waals surface area contributed by atoms with Crippen LogP contribution in [0.3, 0.4) is 0 Å². The van der Waals surface area contributed by atoms with Crippen molar-refractivity contribution in [1.82, 2.24) is 9.88 Å². The fourth-order valence-corrected chi connectivity index (χ4v) is 3.16. The average Bonchev–Trinajstić information content (AvgIpc) is 2.56. The molecule has 2 aromatic rings. The van der Waals surface area contributed by atoms with E-state index in [9.17, 15) is 0 Å². The fraction of sp³-hybridized carbons (Fsp3) is 0.385. The van der Waals surface area contributed by atoms with Gasteiger partial charge in [0.2, 0.25) is 0 Å². The number of aromatic amines is 1. The summed E-state index contributed by atoms with van der Waals surface area (Å²) in [4.78, 5) is 5.46. The van der Waals surface area contributed by atoms with Crippen molar-refractivity contribution in [1.29, 1.82) is 0 Å². The minimum Gasteiger partial charge on any atom is -0.345 e. The van der Waals surface area contributed by atoms with Crippen molar-refractivity contribution in [3.63, 3.8) is 0 Å². The largest absolute Gasteiger partial charge is 0.345 e. The number of nitrogens with one attached hydrogen (secondary N) is 1. The molecule has 0 fully saturated rings. The van der Waals surface area contributed by atoms with Gasteiger partial charge in [0.15, 0.2) is 0 Å². The molecule has 17 heavy (non-hydrogen) atoms. The summed E-state index contributed by atoms with van der Waals surface area (Å²) in [6.07, 6.45) is 2.15. The van der Waals surface area contributed by atoms with Gasteiger partial charge in [-0.25, -0.2) is 0 Å². The average molecular weight is 363 g/mol. The van der Waals surface area contributed by atoms with Crippen LogP contribution < -0.4 is 0 Å². The highest BCUT2D eigenvalue weighted by atomic mass is 127. The van der Waals surface area contributed by atoms with Crippen LogP contribution in [0.4, 0.5) is 0 Å². The zero-order chi connectivity index (χ0) is 12.4. The normalized spacial score (nSPS) is 11.6. The van der Waals surface area contributed by atoms with Gasteiger partial charge in [-0.1, -0.05) is 17.7 Å². The van der Waals surface area contributed by atoms with Gasteiger partial charge in [-0.15, -0.1) is 0 Å². The van der Waals surface area contributed by atoms with E-state index in [-0.39, 0.29) is 0 Å². The van der Waals surface area contributed by atoms with E-state index in [1.807, 2.05) is 0 Å². The van der Waals surface area contributed by atoms with Gasteiger partial charge in [-0.3, -0.25) is 0 Å². The number of fused-ring (bicyclic) bond motifs is 1. The number of hydrogen-bond donors (Lipinski definition) is 1. The molecule has 2 rings (SSSR count). The smallest absolute Gasteiger partial charge is 0.110 e. The highest BCUT2D eigenvalue weighted by Crippen LogP contribution is 2.30. The maximum Gasteiger partial charge on any atom is 0.110 e. The molecule has 0 aliphatic rings.